The van der Waals surface area contributed by atoms with Crippen molar-refractivity contribution in [1.29, 1.82) is 5.26 Å². The maximum Gasteiger partial charge on any atom is 0.160 e. The number of hydrogen-bond acceptors (Lipinski definition) is 4. The fourth-order valence-corrected chi connectivity index (χ4v) is 7.10. The summed E-state index contributed by atoms with van der Waals surface area (Å²) in [7, 11) is 0. The van der Waals surface area contributed by atoms with E-state index >= 15 is 0 Å². The quantitative estimate of drug-likeness (QED) is 0.184. The van der Waals surface area contributed by atoms with E-state index in [1.807, 2.05) is 73.7 Å². The molecule has 0 unspecified atom stereocenters. The van der Waals surface area contributed by atoms with Crippen molar-refractivity contribution >= 4 is 5.57 Å². The van der Waals surface area contributed by atoms with E-state index in [4.69, 9.17) is 14.7 Å². The Bertz CT molecular complexity index is 2280. The molecule has 1 aromatic heterocycles. The highest BCUT2D eigenvalue weighted by atomic mass is 16.5. The molecule has 0 fully saturated rings. The fraction of sp³-hybridized carbons (Fsp3) is 0.0465. The highest BCUT2D eigenvalue weighted by molar-refractivity contribution is 5.90. The van der Waals surface area contributed by atoms with E-state index < -0.39 is 5.41 Å². The van der Waals surface area contributed by atoms with Crippen LogP contribution in [0.15, 0.2) is 152 Å². The number of aromatic nitrogens is 2. The molecule has 4 heteroatoms. The van der Waals surface area contributed by atoms with E-state index in [0.717, 1.165) is 39.2 Å². The predicted octanol–water partition coefficient (Wildman–Crippen LogP) is 10.3. The Balaban J connectivity index is 1.45. The molecule has 1 spiro atoms. The molecule has 4 nitrogen and oxygen atoms in total. The van der Waals surface area contributed by atoms with Gasteiger partial charge in [-0.1, -0.05) is 134 Å². The lowest BCUT2D eigenvalue weighted by atomic mass is 9.65. The summed E-state index contributed by atoms with van der Waals surface area (Å²) < 4.78 is 6.91. The van der Waals surface area contributed by atoms with Gasteiger partial charge in [0.25, 0.3) is 0 Å². The lowest BCUT2D eigenvalue weighted by Crippen LogP contribution is -2.32. The first-order valence-corrected chi connectivity index (χ1v) is 15.6. The van der Waals surface area contributed by atoms with Crippen LogP contribution >= 0.6 is 0 Å². The molecule has 1 aliphatic heterocycles. The normalized spacial score (nSPS) is 13.7. The van der Waals surface area contributed by atoms with Gasteiger partial charge in [0.05, 0.1) is 22.4 Å². The van der Waals surface area contributed by atoms with Gasteiger partial charge in [0.1, 0.15) is 17.6 Å². The minimum absolute atomic E-state index is 0.491. The largest absolute Gasteiger partial charge is 0.455 e. The molecule has 222 valence electrons. The van der Waals surface area contributed by atoms with Gasteiger partial charge in [-0.25, -0.2) is 9.97 Å². The number of nitrogens with zero attached hydrogens (tertiary/aromatic N) is 3. The number of fused-ring (bicyclic) bond motifs is 9. The van der Waals surface area contributed by atoms with Crippen LogP contribution in [0.25, 0.3) is 39.3 Å². The molecule has 5 aromatic carbocycles. The monoisotopic (exact) mass is 603 g/mol. The molecule has 6 aromatic rings. The van der Waals surface area contributed by atoms with Gasteiger partial charge < -0.3 is 4.74 Å². The Hall–Kier alpha value is -6.31. The highest BCUT2D eigenvalue weighted by Crippen LogP contribution is 2.63. The molecule has 0 saturated heterocycles. The van der Waals surface area contributed by atoms with Crippen molar-refractivity contribution < 1.29 is 4.74 Å². The number of nitriles is 1. The third kappa shape index (κ3) is 4.29. The molecule has 0 amide bonds. The number of ether oxygens (including phenoxy) is 1. The molecule has 0 radical (unpaired) electrons. The van der Waals surface area contributed by atoms with Crippen molar-refractivity contribution in [1.82, 2.24) is 9.97 Å². The zero-order valence-corrected chi connectivity index (χ0v) is 25.8. The number of para-hydroxylation sites is 2. The van der Waals surface area contributed by atoms with Crippen molar-refractivity contribution in [3.05, 3.63) is 186 Å². The van der Waals surface area contributed by atoms with E-state index in [-0.39, 0.29) is 0 Å². The number of allylic oxidation sites excluding steroid dienone is 5. The summed E-state index contributed by atoms with van der Waals surface area (Å²) >= 11 is 0. The molecule has 1 aliphatic carbocycles. The molecule has 47 heavy (non-hydrogen) atoms. The van der Waals surface area contributed by atoms with Gasteiger partial charge in [-0.05, 0) is 52.9 Å². The third-order valence-electron chi connectivity index (χ3n) is 9.15. The zero-order chi connectivity index (χ0) is 32.0. The van der Waals surface area contributed by atoms with Gasteiger partial charge >= 0.3 is 0 Å². The second-order valence-electron chi connectivity index (χ2n) is 11.7. The van der Waals surface area contributed by atoms with Gasteiger partial charge in [-0.2, -0.15) is 5.26 Å². The van der Waals surface area contributed by atoms with E-state index in [1.54, 1.807) is 6.08 Å². The molecule has 2 aliphatic rings. The maximum absolute atomic E-state index is 10.3. The first kappa shape index (κ1) is 28.2. The lowest BCUT2D eigenvalue weighted by Gasteiger charge is -2.40. The average molecular weight is 604 g/mol. The van der Waals surface area contributed by atoms with E-state index in [2.05, 4.69) is 85.4 Å². The van der Waals surface area contributed by atoms with Crippen LogP contribution in [-0.4, -0.2) is 9.97 Å². The van der Waals surface area contributed by atoms with Crippen LogP contribution in [0, 0.1) is 11.3 Å². The minimum atomic E-state index is -0.692. The first-order valence-electron chi connectivity index (χ1n) is 15.6. The minimum Gasteiger partial charge on any atom is -0.455 e. The zero-order valence-electron chi connectivity index (χ0n) is 25.8. The second kappa shape index (κ2) is 11.2. The lowest BCUT2D eigenvalue weighted by molar-refractivity contribution is 0.436. The Labute approximate surface area is 274 Å². The standard InChI is InChI=1S/C43H29N3O/c1-3-4-6-15-28(2)38-26-39(46-42(45-38)29-16-7-5-8-17-29)33-21-14-25-37-41(33)47-40-30(27-44)18-13-24-36(40)43(37)34-22-11-9-19-31(34)32-20-10-12-23-35(32)43/h3-26H,1H2,2H3/b6-4-,28-15+. The van der Waals surface area contributed by atoms with Crippen molar-refractivity contribution in [3.63, 3.8) is 0 Å². The van der Waals surface area contributed by atoms with E-state index in [9.17, 15) is 5.26 Å². The van der Waals surface area contributed by atoms with Gasteiger partial charge in [-0.15, -0.1) is 0 Å². The van der Waals surface area contributed by atoms with Gasteiger partial charge in [0.15, 0.2) is 5.82 Å². The van der Waals surface area contributed by atoms with E-state index in [1.165, 1.54) is 22.3 Å². The van der Waals surface area contributed by atoms with Gasteiger partial charge in [-0.3, -0.25) is 0 Å². The fourth-order valence-electron chi connectivity index (χ4n) is 7.10. The summed E-state index contributed by atoms with van der Waals surface area (Å²) in [6.07, 6.45) is 7.63. The van der Waals surface area contributed by atoms with Gasteiger partial charge in [0, 0.05) is 22.3 Å². The van der Waals surface area contributed by atoms with Crippen LogP contribution in [0.5, 0.6) is 11.5 Å². The average Bonchev–Trinajstić information content (AvgIpc) is 3.42. The number of benzene rings is 5. The second-order valence-corrected chi connectivity index (χ2v) is 11.7. The van der Waals surface area contributed by atoms with Crippen LogP contribution < -0.4 is 4.74 Å². The van der Waals surface area contributed by atoms with E-state index in [0.29, 0.717) is 22.9 Å². The van der Waals surface area contributed by atoms with Crippen LogP contribution in [0.1, 0.15) is 40.4 Å². The smallest absolute Gasteiger partial charge is 0.160 e. The van der Waals surface area contributed by atoms with Crippen molar-refractivity contribution in [2.24, 2.45) is 0 Å². The Morgan fingerprint density at radius 3 is 2.02 bits per heavy atom. The highest BCUT2D eigenvalue weighted by Gasteiger charge is 2.52. The summed E-state index contributed by atoms with van der Waals surface area (Å²) in [4.78, 5) is 10.1. The molecule has 0 N–H and O–H groups in total. The maximum atomic E-state index is 10.3. The third-order valence-corrected chi connectivity index (χ3v) is 9.15. The van der Waals surface area contributed by atoms with Crippen LogP contribution in [0.2, 0.25) is 0 Å². The Kier molecular flexibility index (Phi) is 6.74. The Morgan fingerprint density at radius 2 is 1.32 bits per heavy atom. The predicted molar refractivity (Wildman–Crippen MR) is 188 cm³/mol. The van der Waals surface area contributed by atoms with Crippen LogP contribution in [0.3, 0.4) is 0 Å². The van der Waals surface area contributed by atoms with Crippen LogP contribution in [0.4, 0.5) is 0 Å². The molecular weight excluding hydrogens is 574 g/mol. The summed E-state index contributed by atoms with van der Waals surface area (Å²) in [5.41, 5.74) is 10.7. The van der Waals surface area contributed by atoms with Gasteiger partial charge in [0.2, 0.25) is 0 Å². The van der Waals surface area contributed by atoms with Crippen LogP contribution in [-0.2, 0) is 5.41 Å². The summed E-state index contributed by atoms with van der Waals surface area (Å²) in [6, 6.07) is 43.8. The summed E-state index contributed by atoms with van der Waals surface area (Å²) in [5.74, 6) is 1.88. The molecule has 0 saturated carbocycles. The molecule has 0 atom stereocenters. The Morgan fingerprint density at radius 1 is 0.702 bits per heavy atom. The SMILES string of the molecule is C=C/C=C\C=C(/C)c1cc(-c2cccc3c2Oc2c(C#N)cccc2C32c3ccccc3-c3ccccc32)nc(-c2ccccc2)n1. The molecule has 0 bridgehead atoms. The molecule has 2 heterocycles. The van der Waals surface area contributed by atoms with Crippen molar-refractivity contribution in [2.45, 2.75) is 12.3 Å². The summed E-state index contributed by atoms with van der Waals surface area (Å²) in [6.45, 7) is 5.83. The van der Waals surface area contributed by atoms with Crippen molar-refractivity contribution in [2.75, 3.05) is 0 Å². The van der Waals surface area contributed by atoms with Crippen molar-refractivity contribution in [3.8, 4) is 51.3 Å². The molecule has 8 rings (SSSR count). The first-order chi connectivity index (χ1) is 23.1. The molecular formula is C43H29N3O. The topological polar surface area (TPSA) is 58.8 Å². The number of rotatable bonds is 5. The number of hydrogen-bond donors (Lipinski definition) is 0. The summed E-state index contributed by atoms with van der Waals surface area (Å²) in [5, 5.41) is 10.3.